The SMILES string of the molecule is Cc1coc(Sc2ccc(C(F)(F)F)cc2/C(N)=N/O)n1. The predicted molar refractivity (Wildman–Crippen MR) is 69.3 cm³/mol. The van der Waals surface area contributed by atoms with E-state index < -0.39 is 17.6 Å². The van der Waals surface area contributed by atoms with Crippen molar-refractivity contribution >= 4 is 17.6 Å². The Morgan fingerprint density at radius 2 is 2.14 bits per heavy atom. The summed E-state index contributed by atoms with van der Waals surface area (Å²) in [5.41, 5.74) is 5.13. The first kappa shape index (κ1) is 15.2. The zero-order valence-corrected chi connectivity index (χ0v) is 11.5. The average molecular weight is 317 g/mol. The van der Waals surface area contributed by atoms with Gasteiger partial charge in [0.2, 0.25) is 0 Å². The second kappa shape index (κ2) is 5.68. The lowest BCUT2D eigenvalue weighted by Gasteiger charge is -2.11. The van der Waals surface area contributed by atoms with Crippen LogP contribution < -0.4 is 5.73 Å². The minimum atomic E-state index is -4.52. The minimum Gasteiger partial charge on any atom is -0.439 e. The highest BCUT2D eigenvalue weighted by atomic mass is 32.2. The zero-order valence-electron chi connectivity index (χ0n) is 10.7. The lowest BCUT2D eigenvalue weighted by Crippen LogP contribution is -2.16. The molecule has 2 aromatic rings. The van der Waals surface area contributed by atoms with Crippen LogP contribution in [0.15, 0.2) is 44.2 Å². The van der Waals surface area contributed by atoms with Crippen LogP contribution in [0.25, 0.3) is 0 Å². The monoisotopic (exact) mass is 317 g/mol. The number of hydrogen-bond donors (Lipinski definition) is 2. The Kier molecular flexibility index (Phi) is 4.12. The summed E-state index contributed by atoms with van der Waals surface area (Å²) >= 11 is 0.981. The van der Waals surface area contributed by atoms with Gasteiger partial charge in [-0.2, -0.15) is 13.2 Å². The summed E-state index contributed by atoms with van der Waals surface area (Å²) in [6.45, 7) is 1.71. The number of hydrogen-bond acceptors (Lipinski definition) is 5. The van der Waals surface area contributed by atoms with E-state index in [9.17, 15) is 13.2 Å². The van der Waals surface area contributed by atoms with E-state index in [1.165, 1.54) is 12.3 Å². The fourth-order valence-corrected chi connectivity index (χ4v) is 2.41. The maximum Gasteiger partial charge on any atom is 0.416 e. The smallest absolute Gasteiger partial charge is 0.416 e. The molecule has 21 heavy (non-hydrogen) atoms. The molecular formula is C12H10F3N3O2S. The highest BCUT2D eigenvalue weighted by molar-refractivity contribution is 7.99. The average Bonchev–Trinajstić information content (AvgIpc) is 2.82. The van der Waals surface area contributed by atoms with Gasteiger partial charge in [0.05, 0.1) is 11.3 Å². The van der Waals surface area contributed by atoms with Crippen LogP contribution >= 0.6 is 11.8 Å². The van der Waals surface area contributed by atoms with Crippen molar-refractivity contribution in [2.75, 3.05) is 0 Å². The lowest BCUT2D eigenvalue weighted by atomic mass is 10.1. The first-order valence-corrected chi connectivity index (χ1v) is 6.42. The first-order chi connectivity index (χ1) is 9.81. The quantitative estimate of drug-likeness (QED) is 0.393. The zero-order chi connectivity index (χ0) is 15.6. The Labute approximate surface area is 121 Å². The molecule has 0 atom stereocenters. The fraction of sp³-hybridized carbons (Fsp3) is 0.167. The number of oxazole rings is 1. The normalized spacial score (nSPS) is 12.7. The van der Waals surface area contributed by atoms with Crippen molar-refractivity contribution in [2.24, 2.45) is 10.9 Å². The molecule has 0 aliphatic rings. The van der Waals surface area contributed by atoms with Crippen LogP contribution in [0.1, 0.15) is 16.8 Å². The molecule has 112 valence electrons. The summed E-state index contributed by atoms with van der Waals surface area (Å²) in [5, 5.41) is 11.7. The van der Waals surface area contributed by atoms with Gasteiger partial charge in [0.1, 0.15) is 6.26 Å². The highest BCUT2D eigenvalue weighted by Gasteiger charge is 2.31. The van der Waals surface area contributed by atoms with Crippen LogP contribution in [0.4, 0.5) is 13.2 Å². The molecule has 5 nitrogen and oxygen atoms in total. The largest absolute Gasteiger partial charge is 0.439 e. The van der Waals surface area contributed by atoms with Crippen molar-refractivity contribution in [1.82, 2.24) is 4.98 Å². The highest BCUT2D eigenvalue weighted by Crippen LogP contribution is 2.35. The summed E-state index contributed by atoms with van der Waals surface area (Å²) in [7, 11) is 0. The number of benzene rings is 1. The molecule has 9 heteroatoms. The van der Waals surface area contributed by atoms with Gasteiger partial charge in [0, 0.05) is 10.5 Å². The van der Waals surface area contributed by atoms with Crippen molar-refractivity contribution in [3.63, 3.8) is 0 Å². The van der Waals surface area contributed by atoms with Crippen molar-refractivity contribution in [3.8, 4) is 0 Å². The summed E-state index contributed by atoms with van der Waals surface area (Å²) < 4.78 is 43.3. The van der Waals surface area contributed by atoms with Gasteiger partial charge in [-0.25, -0.2) is 4.98 Å². The Morgan fingerprint density at radius 1 is 1.43 bits per heavy atom. The second-order valence-corrected chi connectivity index (χ2v) is 5.04. The third-order valence-electron chi connectivity index (χ3n) is 2.49. The Bertz CT molecular complexity index is 683. The molecule has 0 saturated heterocycles. The summed E-state index contributed by atoms with van der Waals surface area (Å²) in [4.78, 5) is 4.37. The molecule has 0 saturated carbocycles. The number of amidine groups is 1. The minimum absolute atomic E-state index is 0.0480. The molecule has 0 unspecified atom stereocenters. The molecule has 0 radical (unpaired) electrons. The van der Waals surface area contributed by atoms with E-state index in [2.05, 4.69) is 10.1 Å². The summed E-state index contributed by atoms with van der Waals surface area (Å²) in [6, 6.07) is 2.94. The maximum absolute atomic E-state index is 12.7. The number of nitrogens with two attached hydrogens (primary N) is 1. The number of alkyl halides is 3. The summed E-state index contributed by atoms with van der Waals surface area (Å²) in [5.74, 6) is -0.424. The molecule has 0 aliphatic heterocycles. The van der Waals surface area contributed by atoms with Crippen LogP contribution in [-0.4, -0.2) is 16.0 Å². The van der Waals surface area contributed by atoms with Gasteiger partial charge in [-0.3, -0.25) is 0 Å². The molecule has 1 aromatic heterocycles. The standard InChI is InChI=1S/C12H10F3N3O2S/c1-6-5-20-11(17-6)21-9-3-2-7(12(13,14)15)4-8(9)10(16)18-19/h2-5,19H,1H3,(H2,16,18). The number of oxime groups is 1. The summed E-state index contributed by atoms with van der Waals surface area (Å²) in [6.07, 6.45) is -3.11. The maximum atomic E-state index is 12.7. The van der Waals surface area contributed by atoms with E-state index in [4.69, 9.17) is 15.4 Å². The lowest BCUT2D eigenvalue weighted by molar-refractivity contribution is -0.137. The van der Waals surface area contributed by atoms with Gasteiger partial charge in [-0.05, 0) is 36.9 Å². The molecule has 0 spiro atoms. The van der Waals surface area contributed by atoms with E-state index in [0.29, 0.717) is 10.6 Å². The van der Waals surface area contributed by atoms with Gasteiger partial charge in [-0.1, -0.05) is 5.16 Å². The van der Waals surface area contributed by atoms with Gasteiger partial charge in [0.15, 0.2) is 5.84 Å². The predicted octanol–water partition coefficient (Wildman–Crippen LogP) is 3.25. The third kappa shape index (κ3) is 3.48. The van der Waals surface area contributed by atoms with Crippen LogP contribution in [0.5, 0.6) is 0 Å². The van der Waals surface area contributed by atoms with Gasteiger partial charge >= 0.3 is 6.18 Å². The molecule has 1 aromatic carbocycles. The van der Waals surface area contributed by atoms with Crippen molar-refractivity contribution in [1.29, 1.82) is 0 Å². The molecule has 3 N–H and O–H groups in total. The fourth-order valence-electron chi connectivity index (χ4n) is 1.52. The van der Waals surface area contributed by atoms with Crippen LogP contribution in [0.3, 0.4) is 0 Å². The van der Waals surface area contributed by atoms with Gasteiger partial charge < -0.3 is 15.4 Å². The Hall–Kier alpha value is -2.16. The number of nitrogens with zero attached hydrogens (tertiary/aromatic N) is 2. The molecule has 0 bridgehead atoms. The van der Waals surface area contributed by atoms with Crippen molar-refractivity contribution < 1.29 is 22.8 Å². The molecule has 2 rings (SSSR count). The van der Waals surface area contributed by atoms with Crippen molar-refractivity contribution in [2.45, 2.75) is 23.2 Å². The van der Waals surface area contributed by atoms with Crippen molar-refractivity contribution in [3.05, 3.63) is 41.3 Å². The number of aromatic nitrogens is 1. The van der Waals surface area contributed by atoms with Crippen LogP contribution in [0, 0.1) is 6.92 Å². The molecule has 0 fully saturated rings. The van der Waals surface area contributed by atoms with Gasteiger partial charge in [0.25, 0.3) is 5.22 Å². The van der Waals surface area contributed by atoms with E-state index >= 15 is 0 Å². The second-order valence-electron chi connectivity index (χ2n) is 4.05. The Balaban J connectivity index is 2.45. The first-order valence-electron chi connectivity index (χ1n) is 5.60. The third-order valence-corrected chi connectivity index (χ3v) is 3.42. The topological polar surface area (TPSA) is 84.6 Å². The molecule has 0 aliphatic carbocycles. The molecule has 0 amide bonds. The van der Waals surface area contributed by atoms with E-state index in [1.54, 1.807) is 6.92 Å². The van der Waals surface area contributed by atoms with Gasteiger partial charge in [-0.15, -0.1) is 0 Å². The Morgan fingerprint density at radius 3 is 2.67 bits per heavy atom. The van der Waals surface area contributed by atoms with E-state index in [-0.39, 0.29) is 10.8 Å². The number of aryl methyl sites for hydroxylation is 1. The van der Waals surface area contributed by atoms with E-state index in [1.807, 2.05) is 0 Å². The molecule has 1 heterocycles. The van der Waals surface area contributed by atoms with Crippen LogP contribution in [0.2, 0.25) is 0 Å². The number of halogens is 3. The number of rotatable bonds is 3. The molecular weight excluding hydrogens is 307 g/mol. The van der Waals surface area contributed by atoms with Crippen LogP contribution in [-0.2, 0) is 6.18 Å². The van der Waals surface area contributed by atoms with E-state index in [0.717, 1.165) is 23.9 Å².